The van der Waals surface area contributed by atoms with Gasteiger partial charge in [-0.15, -0.1) is 0 Å². The number of hydrogen-bond donors (Lipinski definition) is 2. The van der Waals surface area contributed by atoms with Crippen LogP contribution in [0.3, 0.4) is 0 Å². The Morgan fingerprint density at radius 1 is 0.353 bits per heavy atom. The fraction of sp³-hybridized carbons (Fsp3) is 0.653. The number of phosphoric ester groups is 1. The molecule has 85 heavy (non-hydrogen) atoms. The monoisotopic (exact) mass is 1200 g/mol. The third kappa shape index (κ3) is 68.9. The molecule has 0 spiro atoms. The van der Waals surface area contributed by atoms with Gasteiger partial charge in [0, 0.05) is 19.4 Å². The minimum absolute atomic E-state index is 0.0440. The number of carbonyl (C=O) groups excluding carboxylic acids is 2. The lowest BCUT2D eigenvalue weighted by Gasteiger charge is -2.19. The van der Waals surface area contributed by atoms with E-state index >= 15 is 0 Å². The van der Waals surface area contributed by atoms with Crippen LogP contribution in [0.15, 0.2) is 146 Å². The van der Waals surface area contributed by atoms with E-state index < -0.39 is 26.5 Å². The molecule has 0 aliphatic carbocycles. The molecule has 0 rings (SSSR count). The van der Waals surface area contributed by atoms with Crippen LogP contribution in [0.2, 0.25) is 0 Å². The summed E-state index contributed by atoms with van der Waals surface area (Å²) in [4.78, 5) is 35.3. The molecule has 484 valence electrons. The second kappa shape index (κ2) is 69.0. The van der Waals surface area contributed by atoms with Crippen LogP contribution in [-0.2, 0) is 32.7 Å². The Morgan fingerprint density at radius 3 is 0.906 bits per heavy atom. The molecule has 0 aliphatic rings. The number of hydrogen-bond acceptors (Lipinski definition) is 8. The maximum atomic E-state index is 12.7. The zero-order valence-electron chi connectivity index (χ0n) is 54.3. The Kier molecular flexibility index (Phi) is 65.7. The molecule has 0 saturated heterocycles. The normalized spacial score (nSPS) is 13.9. The quantitative estimate of drug-likeness (QED) is 0.0264. The molecule has 0 heterocycles. The number of nitrogens with two attached hydrogens (primary N) is 1. The predicted molar refractivity (Wildman–Crippen MR) is 367 cm³/mol. The van der Waals surface area contributed by atoms with Crippen LogP contribution < -0.4 is 5.73 Å². The van der Waals surface area contributed by atoms with Crippen molar-refractivity contribution in [2.45, 2.75) is 290 Å². The van der Waals surface area contributed by atoms with Crippen molar-refractivity contribution in [3.05, 3.63) is 146 Å². The largest absolute Gasteiger partial charge is 0.472 e. The van der Waals surface area contributed by atoms with Crippen molar-refractivity contribution in [1.29, 1.82) is 0 Å². The van der Waals surface area contributed by atoms with E-state index in [4.69, 9.17) is 24.3 Å². The summed E-state index contributed by atoms with van der Waals surface area (Å²) in [6.07, 6.45) is 99.4. The molecule has 0 aromatic rings. The molecule has 0 aromatic heterocycles. The highest BCUT2D eigenvalue weighted by atomic mass is 31.2. The number of allylic oxidation sites excluding steroid dienone is 24. The fourth-order valence-corrected chi connectivity index (χ4v) is 10.00. The van der Waals surface area contributed by atoms with E-state index in [1.54, 1.807) is 0 Å². The van der Waals surface area contributed by atoms with Crippen molar-refractivity contribution >= 4 is 19.8 Å². The molecule has 2 atom stereocenters. The van der Waals surface area contributed by atoms with Gasteiger partial charge in [0.05, 0.1) is 13.2 Å². The molecule has 0 aromatic carbocycles. The average molecular weight is 1200 g/mol. The van der Waals surface area contributed by atoms with Crippen molar-refractivity contribution in [3.8, 4) is 0 Å². The van der Waals surface area contributed by atoms with Crippen LogP contribution in [0.25, 0.3) is 0 Å². The van der Waals surface area contributed by atoms with Gasteiger partial charge in [-0.3, -0.25) is 18.6 Å². The molecule has 0 bridgehead atoms. The van der Waals surface area contributed by atoms with Crippen molar-refractivity contribution in [2.75, 3.05) is 26.4 Å². The second-order valence-corrected chi connectivity index (χ2v) is 23.7. The molecule has 0 amide bonds. The zero-order valence-corrected chi connectivity index (χ0v) is 55.2. The lowest BCUT2D eigenvalue weighted by Crippen LogP contribution is -2.29. The van der Waals surface area contributed by atoms with E-state index in [2.05, 4.69) is 160 Å². The molecular weight excluding hydrogens is 1070 g/mol. The molecule has 3 N–H and O–H groups in total. The lowest BCUT2D eigenvalue weighted by molar-refractivity contribution is -0.161. The van der Waals surface area contributed by atoms with E-state index in [1.165, 1.54) is 122 Å². The summed E-state index contributed by atoms with van der Waals surface area (Å²) in [7, 11) is -4.41. The Bertz CT molecular complexity index is 1900. The Hall–Kier alpha value is -4.11. The molecule has 2 unspecified atom stereocenters. The van der Waals surface area contributed by atoms with Crippen LogP contribution in [0.1, 0.15) is 284 Å². The summed E-state index contributed by atoms with van der Waals surface area (Å²) >= 11 is 0. The number of unbranched alkanes of at least 4 members (excludes halogenated alkanes) is 26. The van der Waals surface area contributed by atoms with Gasteiger partial charge in [-0.1, -0.05) is 301 Å². The van der Waals surface area contributed by atoms with Crippen LogP contribution in [-0.4, -0.2) is 49.3 Å². The Morgan fingerprint density at radius 2 is 0.612 bits per heavy atom. The summed E-state index contributed by atoms with van der Waals surface area (Å²) in [6.45, 7) is 3.50. The average Bonchev–Trinajstić information content (AvgIpc) is 3.53. The molecule has 0 radical (unpaired) electrons. The van der Waals surface area contributed by atoms with E-state index in [9.17, 15) is 19.0 Å². The highest BCUT2D eigenvalue weighted by Crippen LogP contribution is 2.43. The van der Waals surface area contributed by atoms with Gasteiger partial charge >= 0.3 is 19.8 Å². The van der Waals surface area contributed by atoms with Crippen molar-refractivity contribution in [3.63, 3.8) is 0 Å². The van der Waals surface area contributed by atoms with Gasteiger partial charge in [0.2, 0.25) is 0 Å². The number of phosphoric acid groups is 1. The number of esters is 2. The molecule has 0 aliphatic heterocycles. The van der Waals surface area contributed by atoms with Crippen molar-refractivity contribution < 1.29 is 37.6 Å². The Balaban J connectivity index is 3.91. The second-order valence-electron chi connectivity index (χ2n) is 22.3. The first kappa shape index (κ1) is 80.9. The molecule has 0 saturated carbocycles. The predicted octanol–water partition coefficient (Wildman–Crippen LogP) is 22.6. The van der Waals surface area contributed by atoms with Crippen LogP contribution >= 0.6 is 7.82 Å². The summed E-state index contributed by atoms with van der Waals surface area (Å²) in [6, 6.07) is 0. The van der Waals surface area contributed by atoms with Gasteiger partial charge in [-0.05, 0) is 116 Å². The fourth-order valence-electron chi connectivity index (χ4n) is 9.23. The highest BCUT2D eigenvalue weighted by molar-refractivity contribution is 7.47. The summed E-state index contributed by atoms with van der Waals surface area (Å²) < 4.78 is 33.1. The van der Waals surface area contributed by atoms with Gasteiger partial charge in [0.25, 0.3) is 0 Å². The summed E-state index contributed by atoms with van der Waals surface area (Å²) in [5.41, 5.74) is 5.40. The van der Waals surface area contributed by atoms with Crippen LogP contribution in [0, 0.1) is 0 Å². The van der Waals surface area contributed by atoms with Crippen molar-refractivity contribution in [2.24, 2.45) is 5.73 Å². The molecule has 0 fully saturated rings. The smallest absolute Gasteiger partial charge is 0.462 e. The molecule has 9 nitrogen and oxygen atoms in total. The highest BCUT2D eigenvalue weighted by Gasteiger charge is 2.26. The van der Waals surface area contributed by atoms with Gasteiger partial charge in [-0.2, -0.15) is 0 Å². The van der Waals surface area contributed by atoms with E-state index in [0.717, 1.165) is 128 Å². The van der Waals surface area contributed by atoms with E-state index in [0.29, 0.717) is 6.42 Å². The summed E-state index contributed by atoms with van der Waals surface area (Å²) in [5, 5.41) is 0. The van der Waals surface area contributed by atoms with E-state index in [1.807, 2.05) is 0 Å². The summed E-state index contributed by atoms with van der Waals surface area (Å²) in [5.74, 6) is -0.850. The topological polar surface area (TPSA) is 134 Å². The molecule has 10 heteroatoms. The zero-order chi connectivity index (χ0) is 61.6. The number of carbonyl (C=O) groups is 2. The van der Waals surface area contributed by atoms with Crippen LogP contribution in [0.4, 0.5) is 0 Å². The van der Waals surface area contributed by atoms with Gasteiger partial charge in [0.1, 0.15) is 6.61 Å². The Labute approximate surface area is 522 Å². The molecular formula is C75H126NO8P. The first-order chi connectivity index (χ1) is 41.8. The third-order valence-corrected chi connectivity index (χ3v) is 15.2. The maximum Gasteiger partial charge on any atom is 0.472 e. The minimum Gasteiger partial charge on any atom is -0.462 e. The van der Waals surface area contributed by atoms with E-state index in [-0.39, 0.29) is 38.6 Å². The number of ether oxygens (including phenoxy) is 2. The standard InChI is InChI=1S/C75H126NO8P/c1-3-5-7-9-11-13-15-17-19-21-23-25-27-29-31-32-33-34-35-36-37-38-39-40-42-43-45-47-49-51-53-55-57-59-61-63-65-67-74(77)81-71-73(72-83-85(79,80)82-70-69-76)84-75(78)68-66-64-62-60-58-56-54-52-50-48-46-44-41-30-28-26-24-22-20-18-16-14-12-10-8-6-4-2/h5-8,11-14,17-20,23-26,29-31,41,46,48,52,54,73H,3-4,9-10,15-16,21-22,27-28,32-40,42-45,47,49-51,53,55-72,76H2,1-2H3,(H,79,80)/b7-5-,8-6-,13-11-,14-12-,19-17-,20-18-,25-23-,26-24-,31-29-,41-30-,48-46-,54-52-. The maximum absolute atomic E-state index is 12.7. The third-order valence-electron chi connectivity index (χ3n) is 14.2. The van der Waals surface area contributed by atoms with Crippen molar-refractivity contribution in [1.82, 2.24) is 0 Å². The minimum atomic E-state index is -4.41. The first-order valence-corrected chi connectivity index (χ1v) is 35.8. The van der Waals surface area contributed by atoms with Gasteiger partial charge < -0.3 is 20.1 Å². The van der Waals surface area contributed by atoms with Gasteiger partial charge in [0.15, 0.2) is 6.10 Å². The van der Waals surface area contributed by atoms with Gasteiger partial charge in [-0.25, -0.2) is 4.57 Å². The first-order valence-electron chi connectivity index (χ1n) is 34.3. The van der Waals surface area contributed by atoms with Crippen LogP contribution in [0.5, 0.6) is 0 Å². The number of rotatable bonds is 63. The lowest BCUT2D eigenvalue weighted by atomic mass is 10.0. The SMILES string of the molecule is CC/C=C\C/C=C\C/C=C\C/C=C\C/C=C\C/C=C\C/C=C\CCCCCCCC(=O)OC(COC(=O)CCCCCCCCCCCCCCCCCCCCCCC/C=C\C/C=C\C/C=C\C/C=C\C/C=C\CC)COP(=O)(O)OCCN.